The van der Waals surface area contributed by atoms with Gasteiger partial charge in [0.15, 0.2) is 6.61 Å². The molecule has 0 saturated heterocycles. The summed E-state index contributed by atoms with van der Waals surface area (Å²) >= 11 is 5.87. The minimum absolute atomic E-state index is 0.0754. The lowest BCUT2D eigenvalue weighted by atomic mass is 10.0. The van der Waals surface area contributed by atoms with Crippen molar-refractivity contribution in [1.29, 1.82) is 0 Å². The first kappa shape index (κ1) is 25.7. The van der Waals surface area contributed by atoms with Crippen molar-refractivity contribution in [1.82, 2.24) is 10.3 Å². The largest absolute Gasteiger partial charge is 0.506 e. The first-order valence-corrected chi connectivity index (χ1v) is 12.0. The first-order chi connectivity index (χ1) is 17.9. The molecule has 4 aromatic rings. The van der Waals surface area contributed by atoms with E-state index in [9.17, 15) is 14.7 Å². The molecular weight excluding hydrogens is 490 g/mol. The summed E-state index contributed by atoms with van der Waals surface area (Å²) in [7, 11) is 1.77. The smallest absolute Gasteiger partial charge is 0.271 e. The Labute approximate surface area is 219 Å². The number of nitrogens with zero attached hydrogens (tertiary/aromatic N) is 2. The molecule has 188 valence electrons. The number of amides is 2. The SMILES string of the molecule is CN(CCc1ccccc1)C(=O)COc1ccc(/C=N/NC(=O)c2ccc(O)c(Cl)c2)c2ccccc12. The molecule has 0 radical (unpaired) electrons. The molecule has 7 nitrogen and oxygen atoms in total. The molecule has 0 saturated carbocycles. The van der Waals surface area contributed by atoms with Crippen molar-refractivity contribution < 1.29 is 19.4 Å². The number of hydrogen-bond acceptors (Lipinski definition) is 5. The Bertz CT molecular complexity index is 1440. The third-order valence-electron chi connectivity index (χ3n) is 5.85. The fourth-order valence-corrected chi connectivity index (χ4v) is 3.90. The van der Waals surface area contributed by atoms with Gasteiger partial charge in [-0.15, -0.1) is 0 Å². The first-order valence-electron chi connectivity index (χ1n) is 11.7. The van der Waals surface area contributed by atoms with Crippen molar-refractivity contribution in [3.05, 3.63) is 107 Å². The topological polar surface area (TPSA) is 91.2 Å². The summed E-state index contributed by atoms with van der Waals surface area (Å²) in [6.45, 7) is 0.526. The van der Waals surface area contributed by atoms with Crippen LogP contribution in [0.2, 0.25) is 5.02 Å². The van der Waals surface area contributed by atoms with Gasteiger partial charge in [-0.05, 0) is 47.7 Å². The number of rotatable bonds is 9. The Morgan fingerprint density at radius 2 is 1.73 bits per heavy atom. The van der Waals surface area contributed by atoms with Gasteiger partial charge < -0.3 is 14.7 Å². The van der Waals surface area contributed by atoms with Crippen molar-refractivity contribution in [2.24, 2.45) is 5.10 Å². The predicted molar refractivity (Wildman–Crippen MR) is 145 cm³/mol. The Morgan fingerprint density at radius 1 is 1.00 bits per heavy atom. The summed E-state index contributed by atoms with van der Waals surface area (Å²) in [6, 6.07) is 25.4. The standard InChI is InChI=1S/C29H26ClN3O4/c1-33(16-15-20-7-3-2-4-8-20)28(35)19-37-27-14-12-22(23-9-5-6-10-24(23)27)18-31-32-29(36)21-11-13-26(34)25(30)17-21/h2-14,17-18,34H,15-16,19H2,1H3,(H,32,36)/b31-18+. The second-order valence-corrected chi connectivity index (χ2v) is 8.81. The van der Waals surface area contributed by atoms with Gasteiger partial charge in [0, 0.05) is 30.1 Å². The molecule has 37 heavy (non-hydrogen) atoms. The van der Waals surface area contributed by atoms with Crippen LogP contribution in [0.1, 0.15) is 21.5 Å². The maximum absolute atomic E-state index is 12.6. The number of ether oxygens (including phenoxy) is 1. The Balaban J connectivity index is 1.39. The number of fused-ring (bicyclic) bond motifs is 1. The van der Waals surface area contributed by atoms with E-state index in [4.69, 9.17) is 16.3 Å². The molecule has 0 aliphatic rings. The van der Waals surface area contributed by atoms with Crippen molar-refractivity contribution in [2.45, 2.75) is 6.42 Å². The van der Waals surface area contributed by atoms with E-state index < -0.39 is 5.91 Å². The number of carbonyl (C=O) groups is 2. The highest BCUT2D eigenvalue weighted by Crippen LogP contribution is 2.28. The van der Waals surface area contributed by atoms with Crippen LogP contribution in [0.5, 0.6) is 11.5 Å². The van der Waals surface area contributed by atoms with E-state index in [1.165, 1.54) is 30.0 Å². The highest BCUT2D eigenvalue weighted by Gasteiger charge is 2.12. The highest BCUT2D eigenvalue weighted by molar-refractivity contribution is 6.32. The van der Waals surface area contributed by atoms with Gasteiger partial charge in [-0.25, -0.2) is 5.43 Å². The normalized spacial score (nSPS) is 11.0. The Hall–Kier alpha value is -4.36. The molecule has 0 aromatic heterocycles. The van der Waals surface area contributed by atoms with Gasteiger partial charge in [0.1, 0.15) is 11.5 Å². The van der Waals surface area contributed by atoms with Crippen LogP contribution in [0.4, 0.5) is 0 Å². The van der Waals surface area contributed by atoms with Crippen LogP contribution in [-0.2, 0) is 11.2 Å². The van der Waals surface area contributed by atoms with Gasteiger partial charge in [0.25, 0.3) is 11.8 Å². The summed E-state index contributed by atoms with van der Waals surface area (Å²) in [6.07, 6.45) is 2.31. The summed E-state index contributed by atoms with van der Waals surface area (Å²) in [5, 5.41) is 15.3. The summed E-state index contributed by atoms with van der Waals surface area (Å²) < 4.78 is 5.89. The molecule has 2 N–H and O–H groups in total. The summed E-state index contributed by atoms with van der Waals surface area (Å²) in [5.74, 6) is -0.0867. The fourth-order valence-electron chi connectivity index (χ4n) is 3.72. The van der Waals surface area contributed by atoms with Gasteiger partial charge >= 0.3 is 0 Å². The predicted octanol–water partition coefficient (Wildman–Crippen LogP) is 5.04. The number of aromatic hydroxyl groups is 1. The third kappa shape index (κ3) is 6.65. The van der Waals surface area contributed by atoms with E-state index in [1.807, 2.05) is 60.7 Å². The Morgan fingerprint density at radius 3 is 2.49 bits per heavy atom. The van der Waals surface area contributed by atoms with Crippen molar-refractivity contribution in [3.63, 3.8) is 0 Å². The number of benzene rings is 4. The van der Waals surface area contributed by atoms with Crippen LogP contribution >= 0.6 is 11.6 Å². The van der Waals surface area contributed by atoms with E-state index in [0.29, 0.717) is 12.3 Å². The minimum Gasteiger partial charge on any atom is -0.506 e. The van der Waals surface area contributed by atoms with E-state index in [1.54, 1.807) is 18.0 Å². The maximum atomic E-state index is 12.6. The lowest BCUT2D eigenvalue weighted by Gasteiger charge is -2.18. The maximum Gasteiger partial charge on any atom is 0.271 e. The molecular formula is C29H26ClN3O4. The molecule has 0 spiro atoms. The van der Waals surface area contributed by atoms with E-state index >= 15 is 0 Å². The number of halogens is 1. The molecule has 8 heteroatoms. The van der Waals surface area contributed by atoms with Crippen LogP contribution in [0.15, 0.2) is 90.0 Å². The van der Waals surface area contributed by atoms with Gasteiger partial charge in [-0.3, -0.25) is 9.59 Å². The van der Waals surface area contributed by atoms with E-state index in [0.717, 1.165) is 22.8 Å². The quantitative estimate of drug-likeness (QED) is 0.241. The average molecular weight is 516 g/mol. The molecule has 4 rings (SSSR count). The van der Waals surface area contributed by atoms with Crippen LogP contribution in [0, 0.1) is 0 Å². The number of nitrogens with one attached hydrogen (secondary N) is 1. The number of likely N-dealkylation sites (N-methyl/N-ethyl adjacent to an activating group) is 1. The van der Waals surface area contributed by atoms with Crippen LogP contribution in [-0.4, -0.2) is 48.2 Å². The number of phenols is 1. The monoisotopic (exact) mass is 515 g/mol. The molecule has 4 aromatic carbocycles. The number of carbonyl (C=O) groups excluding carboxylic acids is 2. The average Bonchev–Trinajstić information content (AvgIpc) is 2.92. The second-order valence-electron chi connectivity index (χ2n) is 8.40. The van der Waals surface area contributed by atoms with Crippen LogP contribution < -0.4 is 10.2 Å². The number of hydrogen-bond donors (Lipinski definition) is 2. The van der Waals surface area contributed by atoms with Crippen molar-refractivity contribution in [2.75, 3.05) is 20.2 Å². The number of phenolic OH excluding ortho intramolecular Hbond substituents is 1. The van der Waals surface area contributed by atoms with Crippen LogP contribution in [0.3, 0.4) is 0 Å². The molecule has 2 amide bonds. The minimum atomic E-state index is -0.461. The zero-order valence-corrected chi connectivity index (χ0v) is 21.0. The van der Waals surface area contributed by atoms with Crippen molar-refractivity contribution in [3.8, 4) is 11.5 Å². The van der Waals surface area contributed by atoms with Gasteiger partial charge in [0.2, 0.25) is 0 Å². The number of hydrazone groups is 1. The molecule has 0 heterocycles. The van der Waals surface area contributed by atoms with E-state index in [-0.39, 0.29) is 28.8 Å². The summed E-state index contributed by atoms with van der Waals surface area (Å²) in [5.41, 5.74) is 4.67. The van der Waals surface area contributed by atoms with Gasteiger partial charge in [-0.2, -0.15) is 5.10 Å². The molecule has 0 atom stereocenters. The molecule has 0 aliphatic carbocycles. The van der Waals surface area contributed by atoms with Gasteiger partial charge in [0.05, 0.1) is 11.2 Å². The van der Waals surface area contributed by atoms with Crippen molar-refractivity contribution >= 4 is 40.4 Å². The molecule has 0 fully saturated rings. The van der Waals surface area contributed by atoms with Crippen LogP contribution in [0.25, 0.3) is 10.8 Å². The lowest BCUT2D eigenvalue weighted by Crippen LogP contribution is -2.33. The zero-order chi connectivity index (χ0) is 26.2. The van der Waals surface area contributed by atoms with Gasteiger partial charge in [-0.1, -0.05) is 66.2 Å². The Kier molecular flexibility index (Phi) is 8.38. The lowest BCUT2D eigenvalue weighted by molar-refractivity contribution is -0.132. The molecule has 0 unspecified atom stereocenters. The zero-order valence-electron chi connectivity index (χ0n) is 20.2. The highest BCUT2D eigenvalue weighted by atomic mass is 35.5. The summed E-state index contributed by atoms with van der Waals surface area (Å²) in [4.78, 5) is 26.6. The van der Waals surface area contributed by atoms with E-state index in [2.05, 4.69) is 10.5 Å². The molecule has 0 aliphatic heterocycles. The molecule has 0 bridgehead atoms. The third-order valence-corrected chi connectivity index (χ3v) is 6.16. The second kappa shape index (κ2) is 12.1. The fraction of sp³-hybridized carbons (Fsp3) is 0.138.